The van der Waals surface area contributed by atoms with Crippen molar-refractivity contribution in [1.82, 2.24) is 9.78 Å². The quantitative estimate of drug-likeness (QED) is 0.496. The first-order chi connectivity index (χ1) is 14.1. The van der Waals surface area contributed by atoms with Crippen molar-refractivity contribution in [2.45, 2.75) is 6.18 Å². The van der Waals surface area contributed by atoms with Gasteiger partial charge in [0.15, 0.2) is 0 Å². The molecule has 0 saturated carbocycles. The Morgan fingerprint density at radius 3 is 2.37 bits per heavy atom. The van der Waals surface area contributed by atoms with Crippen LogP contribution in [0.1, 0.15) is 16.1 Å². The van der Waals surface area contributed by atoms with Crippen molar-refractivity contribution < 1.29 is 22.9 Å². The summed E-state index contributed by atoms with van der Waals surface area (Å²) >= 11 is 0. The molecule has 2 aromatic carbocycles. The molecule has 8 nitrogen and oxygen atoms in total. The Kier molecular flexibility index (Phi) is 5.45. The third-order valence-electron chi connectivity index (χ3n) is 4.22. The average Bonchev–Trinajstić information content (AvgIpc) is 3.18. The number of hydrogen-bond acceptors (Lipinski definition) is 5. The molecular weight excluding hydrogens is 403 g/mol. The molecule has 0 aliphatic heterocycles. The standard InChI is InChI=1S/C19H16F3N5O3/c1-25(2)16-8-7-14(27(29)30)11-15(16)18(28)24-12-3-5-13(6-4-12)26-17(9-10-23-26)19(20,21)22/h3-11H,1-2H3,(H,24,28). The van der Waals surface area contributed by atoms with Crippen LogP contribution >= 0.6 is 0 Å². The minimum absolute atomic E-state index is 0.0877. The molecule has 3 rings (SSSR count). The molecule has 11 heteroatoms. The average molecular weight is 419 g/mol. The van der Waals surface area contributed by atoms with Crippen LogP contribution in [-0.4, -0.2) is 34.7 Å². The molecule has 0 fully saturated rings. The van der Waals surface area contributed by atoms with Gasteiger partial charge in [-0.25, -0.2) is 4.68 Å². The molecule has 1 aromatic heterocycles. The van der Waals surface area contributed by atoms with Crippen LogP contribution in [-0.2, 0) is 6.18 Å². The Hall–Kier alpha value is -3.89. The van der Waals surface area contributed by atoms with Gasteiger partial charge in [0.05, 0.1) is 22.4 Å². The Bertz CT molecular complexity index is 1090. The number of nitrogens with zero attached hydrogens (tertiary/aromatic N) is 4. The number of alkyl halides is 3. The number of hydrogen-bond donors (Lipinski definition) is 1. The highest BCUT2D eigenvalue weighted by Crippen LogP contribution is 2.31. The molecule has 0 unspecified atom stereocenters. The van der Waals surface area contributed by atoms with Gasteiger partial charge < -0.3 is 10.2 Å². The first kappa shape index (κ1) is 20.8. The zero-order valence-electron chi connectivity index (χ0n) is 15.8. The predicted molar refractivity (Wildman–Crippen MR) is 104 cm³/mol. The number of nitro benzene ring substituents is 1. The fourth-order valence-corrected chi connectivity index (χ4v) is 2.82. The Morgan fingerprint density at radius 2 is 1.80 bits per heavy atom. The van der Waals surface area contributed by atoms with E-state index in [1.54, 1.807) is 19.0 Å². The largest absolute Gasteiger partial charge is 0.433 e. The van der Waals surface area contributed by atoms with Gasteiger partial charge in [-0.1, -0.05) is 0 Å². The van der Waals surface area contributed by atoms with Gasteiger partial charge in [0.1, 0.15) is 5.69 Å². The molecule has 0 aliphatic rings. The summed E-state index contributed by atoms with van der Waals surface area (Å²) in [4.78, 5) is 24.8. The third-order valence-corrected chi connectivity index (χ3v) is 4.22. The topological polar surface area (TPSA) is 93.3 Å². The number of anilines is 2. The number of nitrogens with one attached hydrogen (secondary N) is 1. The lowest BCUT2D eigenvalue weighted by Gasteiger charge is -2.17. The van der Waals surface area contributed by atoms with E-state index in [1.807, 2.05) is 0 Å². The smallest absolute Gasteiger partial charge is 0.377 e. The molecule has 0 aliphatic carbocycles. The normalized spacial score (nSPS) is 11.2. The van der Waals surface area contributed by atoms with E-state index >= 15 is 0 Å². The summed E-state index contributed by atoms with van der Waals surface area (Å²) in [6.45, 7) is 0. The number of non-ortho nitro benzene ring substituents is 1. The molecule has 0 atom stereocenters. The number of halogens is 3. The van der Waals surface area contributed by atoms with Crippen molar-refractivity contribution in [2.75, 3.05) is 24.3 Å². The molecule has 0 saturated heterocycles. The molecule has 30 heavy (non-hydrogen) atoms. The highest BCUT2D eigenvalue weighted by atomic mass is 19.4. The fraction of sp³-hybridized carbons (Fsp3) is 0.158. The summed E-state index contributed by atoms with van der Waals surface area (Å²) in [5, 5.41) is 17.3. The van der Waals surface area contributed by atoms with E-state index in [4.69, 9.17) is 0 Å². The van der Waals surface area contributed by atoms with Crippen LogP contribution in [0.25, 0.3) is 5.69 Å². The van der Waals surface area contributed by atoms with Crippen LogP contribution in [0.5, 0.6) is 0 Å². The van der Waals surface area contributed by atoms with Gasteiger partial charge >= 0.3 is 6.18 Å². The molecular formula is C19H16F3N5O3. The third kappa shape index (κ3) is 4.24. The maximum absolute atomic E-state index is 13.0. The maximum atomic E-state index is 13.0. The molecule has 1 N–H and O–H groups in total. The number of benzene rings is 2. The van der Waals surface area contributed by atoms with Crippen molar-refractivity contribution in [3.8, 4) is 5.69 Å². The van der Waals surface area contributed by atoms with Gasteiger partial charge in [0.2, 0.25) is 0 Å². The van der Waals surface area contributed by atoms with Gasteiger partial charge in [0.25, 0.3) is 11.6 Å². The van der Waals surface area contributed by atoms with Crippen molar-refractivity contribution >= 4 is 23.0 Å². The van der Waals surface area contributed by atoms with E-state index in [-0.39, 0.29) is 16.9 Å². The Labute approximate surface area is 168 Å². The van der Waals surface area contributed by atoms with E-state index in [0.717, 1.165) is 16.9 Å². The lowest BCUT2D eigenvalue weighted by molar-refractivity contribution is -0.384. The van der Waals surface area contributed by atoms with Gasteiger partial charge in [-0.2, -0.15) is 18.3 Å². The van der Waals surface area contributed by atoms with Crippen LogP contribution in [0.3, 0.4) is 0 Å². The highest BCUT2D eigenvalue weighted by Gasteiger charge is 2.35. The number of aromatic nitrogens is 2. The Morgan fingerprint density at radius 1 is 1.13 bits per heavy atom. The molecule has 0 bridgehead atoms. The van der Waals surface area contributed by atoms with Crippen LogP contribution in [0.15, 0.2) is 54.7 Å². The summed E-state index contributed by atoms with van der Waals surface area (Å²) in [5.41, 5.74) is -0.132. The molecule has 1 heterocycles. The lowest BCUT2D eigenvalue weighted by atomic mass is 10.1. The molecule has 1 amide bonds. The monoisotopic (exact) mass is 419 g/mol. The second kappa shape index (κ2) is 7.85. The van der Waals surface area contributed by atoms with Gasteiger partial charge in [-0.15, -0.1) is 0 Å². The lowest BCUT2D eigenvalue weighted by Crippen LogP contribution is -2.19. The van der Waals surface area contributed by atoms with Crippen LogP contribution < -0.4 is 10.2 Å². The maximum Gasteiger partial charge on any atom is 0.433 e. The molecule has 0 radical (unpaired) electrons. The number of rotatable bonds is 5. The first-order valence-electron chi connectivity index (χ1n) is 8.56. The fourth-order valence-electron chi connectivity index (χ4n) is 2.82. The molecule has 3 aromatic rings. The number of nitro groups is 1. The van der Waals surface area contributed by atoms with E-state index in [9.17, 15) is 28.1 Å². The summed E-state index contributed by atoms with van der Waals surface area (Å²) in [5.74, 6) is -0.592. The number of carbonyl (C=O) groups excluding carboxylic acids is 1. The Balaban J connectivity index is 1.86. The SMILES string of the molecule is CN(C)c1ccc([N+](=O)[O-])cc1C(=O)Nc1ccc(-n2nccc2C(F)(F)F)cc1. The van der Waals surface area contributed by atoms with E-state index in [2.05, 4.69) is 10.4 Å². The summed E-state index contributed by atoms with van der Waals surface area (Å²) < 4.78 is 39.8. The van der Waals surface area contributed by atoms with Gasteiger partial charge in [0, 0.05) is 37.6 Å². The highest BCUT2D eigenvalue weighted by molar-refractivity contribution is 6.08. The van der Waals surface area contributed by atoms with Crippen molar-refractivity contribution in [1.29, 1.82) is 0 Å². The zero-order chi connectivity index (χ0) is 22.1. The second-order valence-corrected chi connectivity index (χ2v) is 6.48. The van der Waals surface area contributed by atoms with Gasteiger partial charge in [-0.3, -0.25) is 14.9 Å². The molecule has 156 valence electrons. The van der Waals surface area contributed by atoms with Gasteiger partial charge in [-0.05, 0) is 36.4 Å². The number of amides is 1. The van der Waals surface area contributed by atoms with Crippen molar-refractivity contribution in [3.63, 3.8) is 0 Å². The summed E-state index contributed by atoms with van der Waals surface area (Å²) in [7, 11) is 3.38. The van der Waals surface area contributed by atoms with Crippen LogP contribution in [0.2, 0.25) is 0 Å². The first-order valence-corrected chi connectivity index (χ1v) is 8.56. The van der Waals surface area contributed by atoms with Crippen LogP contribution in [0, 0.1) is 10.1 Å². The van der Waals surface area contributed by atoms with Crippen molar-refractivity contribution in [3.05, 3.63) is 76.1 Å². The summed E-state index contributed by atoms with van der Waals surface area (Å²) in [6, 6.07) is 10.4. The van der Waals surface area contributed by atoms with E-state index in [1.165, 1.54) is 42.5 Å². The zero-order valence-corrected chi connectivity index (χ0v) is 15.8. The second-order valence-electron chi connectivity index (χ2n) is 6.48. The summed E-state index contributed by atoms with van der Waals surface area (Å²) in [6.07, 6.45) is -3.52. The minimum Gasteiger partial charge on any atom is -0.377 e. The minimum atomic E-state index is -4.56. The van der Waals surface area contributed by atoms with E-state index < -0.39 is 22.7 Å². The molecule has 0 spiro atoms. The van der Waals surface area contributed by atoms with Crippen molar-refractivity contribution in [2.24, 2.45) is 0 Å². The number of carbonyl (C=O) groups is 1. The van der Waals surface area contributed by atoms with Crippen LogP contribution in [0.4, 0.5) is 30.2 Å². The van der Waals surface area contributed by atoms with E-state index in [0.29, 0.717) is 11.4 Å². The predicted octanol–water partition coefficient (Wildman–Crippen LogP) is 4.12.